The highest BCUT2D eigenvalue weighted by molar-refractivity contribution is 6.25. The Labute approximate surface area is 154 Å². The van der Waals surface area contributed by atoms with Gasteiger partial charge in [0.2, 0.25) is 17.2 Å². The van der Waals surface area contributed by atoms with Gasteiger partial charge in [-0.1, -0.05) is 69.3 Å². The van der Waals surface area contributed by atoms with E-state index in [4.69, 9.17) is 4.74 Å². The van der Waals surface area contributed by atoms with Crippen molar-refractivity contribution in [1.29, 1.82) is 0 Å². The predicted octanol–water partition coefficient (Wildman–Crippen LogP) is 4.59. The van der Waals surface area contributed by atoms with Gasteiger partial charge in [-0.05, 0) is 16.5 Å². The minimum absolute atomic E-state index is 0.0419. The van der Waals surface area contributed by atoms with Crippen LogP contribution in [-0.2, 0) is 15.8 Å². The van der Waals surface area contributed by atoms with Crippen molar-refractivity contribution in [2.45, 2.75) is 43.6 Å². The van der Waals surface area contributed by atoms with Crippen molar-refractivity contribution in [3.63, 3.8) is 0 Å². The van der Waals surface area contributed by atoms with Crippen LogP contribution in [0.2, 0.25) is 0 Å². The van der Waals surface area contributed by atoms with Crippen LogP contribution in [-0.4, -0.2) is 23.3 Å². The lowest BCUT2D eigenvalue weighted by molar-refractivity contribution is -0.169. The smallest absolute Gasteiger partial charge is 0.331 e. The largest absolute Gasteiger partial charge is 0.428 e. The van der Waals surface area contributed by atoms with E-state index >= 15 is 0 Å². The van der Waals surface area contributed by atoms with Crippen molar-refractivity contribution in [1.82, 2.24) is 0 Å². The summed E-state index contributed by atoms with van der Waals surface area (Å²) in [4.78, 5) is 25.9. The van der Waals surface area contributed by atoms with Crippen molar-refractivity contribution < 1.29 is 27.5 Å². The third-order valence-corrected chi connectivity index (χ3v) is 5.37. The minimum Gasteiger partial charge on any atom is -0.331 e. The predicted molar refractivity (Wildman–Crippen MR) is 91.8 cm³/mol. The summed E-state index contributed by atoms with van der Waals surface area (Å²) >= 11 is 0. The first-order valence-electron chi connectivity index (χ1n) is 8.53. The number of fused-ring (bicyclic) bond motifs is 2. The molecule has 0 radical (unpaired) electrons. The molecular weight excluding hydrogens is 357 g/mol. The van der Waals surface area contributed by atoms with Crippen molar-refractivity contribution in [3.8, 4) is 0 Å². The number of rotatable bonds is 1. The van der Waals surface area contributed by atoms with Crippen molar-refractivity contribution in [2.24, 2.45) is 0 Å². The first kappa shape index (κ1) is 17.9. The zero-order valence-corrected chi connectivity index (χ0v) is 15.0. The van der Waals surface area contributed by atoms with E-state index in [2.05, 4.69) is 0 Å². The van der Waals surface area contributed by atoms with Gasteiger partial charge in [-0.25, -0.2) is 0 Å². The molecule has 1 heterocycles. The minimum atomic E-state index is -5.02. The number of Topliss-reactive ketones (excluding diaryl/α,β-unsaturated/α-hetero) is 2. The molecule has 1 aliphatic heterocycles. The molecule has 3 nitrogen and oxygen atoms in total. The fourth-order valence-corrected chi connectivity index (χ4v) is 3.86. The first-order chi connectivity index (χ1) is 12.5. The van der Waals surface area contributed by atoms with Crippen molar-refractivity contribution >= 4 is 11.6 Å². The van der Waals surface area contributed by atoms with E-state index in [0.29, 0.717) is 0 Å². The number of carbonyl (C=O) groups is 2. The Hall–Kier alpha value is -2.47. The van der Waals surface area contributed by atoms with E-state index in [0.717, 1.165) is 5.56 Å². The topological polar surface area (TPSA) is 46.7 Å². The van der Waals surface area contributed by atoms with Crippen LogP contribution in [0.25, 0.3) is 0 Å². The number of hydrogen-bond acceptors (Lipinski definition) is 3. The zero-order chi connectivity index (χ0) is 19.8. The number of hydrogen-bond donors (Lipinski definition) is 0. The Kier molecular flexibility index (Phi) is 3.37. The number of benzene rings is 2. The van der Waals surface area contributed by atoms with Gasteiger partial charge < -0.3 is 4.74 Å². The van der Waals surface area contributed by atoms with Crippen molar-refractivity contribution in [2.75, 3.05) is 0 Å². The van der Waals surface area contributed by atoms with Crippen LogP contribution in [0.1, 0.15) is 52.6 Å². The molecule has 6 heteroatoms. The van der Waals surface area contributed by atoms with Gasteiger partial charge in [0.15, 0.2) is 0 Å². The van der Waals surface area contributed by atoms with Gasteiger partial charge in [-0.2, -0.15) is 13.2 Å². The van der Waals surface area contributed by atoms with Gasteiger partial charge in [0.1, 0.15) is 0 Å². The first-order valence-corrected chi connectivity index (χ1v) is 8.53. The molecule has 1 aliphatic carbocycles. The lowest BCUT2D eigenvalue weighted by atomic mass is 9.70. The Morgan fingerprint density at radius 3 is 1.81 bits per heavy atom. The third kappa shape index (κ3) is 2.07. The average Bonchev–Trinajstić information content (AvgIpc) is 3.33. The Bertz CT molecular complexity index is 969. The van der Waals surface area contributed by atoms with E-state index in [1.54, 1.807) is 12.1 Å². The fraction of sp³-hybridized carbons (Fsp3) is 0.333. The van der Waals surface area contributed by atoms with Gasteiger partial charge in [0, 0.05) is 11.1 Å². The fourth-order valence-electron chi connectivity index (χ4n) is 3.86. The molecule has 0 saturated carbocycles. The van der Waals surface area contributed by atoms with E-state index < -0.39 is 28.9 Å². The van der Waals surface area contributed by atoms with E-state index in [1.807, 2.05) is 20.8 Å². The molecule has 0 amide bonds. The second-order valence-corrected chi connectivity index (χ2v) is 7.99. The second-order valence-electron chi connectivity index (χ2n) is 7.99. The lowest BCUT2D eigenvalue weighted by Crippen LogP contribution is -2.52. The highest BCUT2D eigenvalue weighted by Crippen LogP contribution is 2.67. The molecule has 4 rings (SSSR count). The molecule has 1 saturated heterocycles. The molecule has 0 N–H and O–H groups in total. The van der Waals surface area contributed by atoms with Crippen LogP contribution in [0, 0.1) is 0 Å². The summed E-state index contributed by atoms with van der Waals surface area (Å²) in [5, 5.41) is 0. The van der Waals surface area contributed by atoms with Crippen LogP contribution in [0.5, 0.6) is 0 Å². The Morgan fingerprint density at radius 2 is 1.33 bits per heavy atom. The SMILES string of the molecule is CC(C)(C)c1ccc(C23OC2(C(F)(F)F)C(=O)c2ccccc2C3=O)cc1. The average molecular weight is 374 g/mol. The number of ketones is 2. The second kappa shape index (κ2) is 5.07. The van der Waals surface area contributed by atoms with Gasteiger partial charge >= 0.3 is 6.18 Å². The molecule has 2 aliphatic rings. The van der Waals surface area contributed by atoms with Crippen LogP contribution >= 0.6 is 0 Å². The van der Waals surface area contributed by atoms with Crippen LogP contribution in [0.4, 0.5) is 13.2 Å². The Morgan fingerprint density at radius 1 is 0.815 bits per heavy atom. The van der Waals surface area contributed by atoms with Gasteiger partial charge in [-0.15, -0.1) is 0 Å². The quantitative estimate of drug-likeness (QED) is 0.686. The molecule has 2 aromatic rings. The standard InChI is InChI=1S/C21H17F3O3/c1-18(2,3)12-8-10-13(11-9-12)19-16(25)14-6-4-5-7-15(14)17(26)20(19,27-19)21(22,23)24/h4-11H,1-3H3. The van der Waals surface area contributed by atoms with Crippen LogP contribution in [0.3, 0.4) is 0 Å². The van der Waals surface area contributed by atoms with Crippen molar-refractivity contribution in [3.05, 3.63) is 70.8 Å². The number of halogens is 3. The van der Waals surface area contributed by atoms with Gasteiger partial charge in [0.25, 0.3) is 5.60 Å². The highest BCUT2D eigenvalue weighted by atomic mass is 19.4. The normalized spacial score (nSPS) is 27.2. The molecule has 140 valence electrons. The number of ether oxygens (including phenoxy) is 1. The van der Waals surface area contributed by atoms with E-state index in [-0.39, 0.29) is 22.1 Å². The summed E-state index contributed by atoms with van der Waals surface area (Å²) in [6.45, 7) is 5.92. The summed E-state index contributed by atoms with van der Waals surface area (Å²) in [7, 11) is 0. The summed E-state index contributed by atoms with van der Waals surface area (Å²) in [6.07, 6.45) is -5.02. The lowest BCUT2D eigenvalue weighted by Gasteiger charge is -2.27. The molecule has 1 fully saturated rings. The summed E-state index contributed by atoms with van der Waals surface area (Å²) in [5.41, 5.74) is -5.07. The Balaban J connectivity index is 1.94. The molecule has 0 bridgehead atoms. The zero-order valence-electron chi connectivity index (χ0n) is 15.0. The van der Waals surface area contributed by atoms with Gasteiger partial charge in [-0.3, -0.25) is 9.59 Å². The number of alkyl halides is 3. The van der Waals surface area contributed by atoms with Crippen LogP contribution < -0.4 is 0 Å². The maximum absolute atomic E-state index is 14.0. The molecule has 0 aromatic heterocycles. The third-order valence-electron chi connectivity index (χ3n) is 5.37. The van der Waals surface area contributed by atoms with E-state index in [9.17, 15) is 22.8 Å². The summed E-state index contributed by atoms with van der Waals surface area (Å²) in [6, 6.07) is 11.8. The van der Waals surface area contributed by atoms with Crippen LogP contribution in [0.15, 0.2) is 48.5 Å². The molecule has 2 atom stereocenters. The van der Waals surface area contributed by atoms with E-state index in [1.165, 1.54) is 36.4 Å². The maximum atomic E-state index is 14.0. The summed E-state index contributed by atoms with van der Waals surface area (Å²) in [5.74, 6) is -2.05. The number of epoxide rings is 1. The molecule has 0 spiro atoms. The molecule has 2 unspecified atom stereocenters. The summed E-state index contributed by atoms with van der Waals surface area (Å²) < 4.78 is 47.1. The molecular formula is C21H17F3O3. The number of carbonyl (C=O) groups excluding carboxylic acids is 2. The monoisotopic (exact) mass is 374 g/mol. The highest BCUT2D eigenvalue weighted by Gasteiger charge is 2.91. The maximum Gasteiger partial charge on any atom is 0.428 e. The van der Waals surface area contributed by atoms with Gasteiger partial charge in [0.05, 0.1) is 0 Å². The molecule has 27 heavy (non-hydrogen) atoms. The molecule has 2 aromatic carbocycles.